The molecule has 0 fully saturated rings. The molecule has 1 aromatic carbocycles. The predicted octanol–water partition coefficient (Wildman–Crippen LogP) is 3.82. The van der Waals surface area contributed by atoms with Crippen LogP contribution in [-0.2, 0) is 6.54 Å². The van der Waals surface area contributed by atoms with Gasteiger partial charge in [0.2, 0.25) is 0 Å². The molecule has 0 saturated heterocycles. The molecule has 1 amide bonds. The van der Waals surface area contributed by atoms with Crippen LogP contribution >= 0.6 is 15.9 Å². The first-order chi connectivity index (χ1) is 9.47. The Morgan fingerprint density at radius 1 is 1.35 bits per heavy atom. The van der Waals surface area contributed by atoms with E-state index in [2.05, 4.69) is 27.1 Å². The van der Waals surface area contributed by atoms with Gasteiger partial charge in [0, 0.05) is 16.7 Å². The lowest BCUT2D eigenvalue weighted by Crippen LogP contribution is -2.13. The third kappa shape index (κ3) is 2.43. The third-order valence-electron chi connectivity index (χ3n) is 3.44. The van der Waals surface area contributed by atoms with E-state index in [1.807, 2.05) is 44.2 Å². The van der Waals surface area contributed by atoms with Crippen LogP contribution in [-0.4, -0.2) is 10.5 Å². The third-order valence-corrected chi connectivity index (χ3v) is 3.97. The molecule has 0 bridgehead atoms. The molecular formula is C16H17BrN2O. The van der Waals surface area contributed by atoms with E-state index in [0.717, 1.165) is 27.0 Å². The smallest absolute Gasteiger partial charge is 0.250 e. The van der Waals surface area contributed by atoms with Gasteiger partial charge in [0.15, 0.2) is 0 Å². The highest BCUT2D eigenvalue weighted by molar-refractivity contribution is 9.10. The highest BCUT2D eigenvalue weighted by Crippen LogP contribution is 2.31. The van der Waals surface area contributed by atoms with Gasteiger partial charge in [-0.25, -0.2) is 0 Å². The predicted molar refractivity (Wildman–Crippen MR) is 85.8 cm³/mol. The van der Waals surface area contributed by atoms with Gasteiger partial charge in [-0.3, -0.25) is 4.79 Å². The molecule has 0 radical (unpaired) electrons. The first kappa shape index (κ1) is 14.6. The minimum Gasteiger partial charge on any atom is -0.366 e. The minimum atomic E-state index is -0.388. The molecule has 0 spiro atoms. The lowest BCUT2D eigenvalue weighted by molar-refractivity contribution is 0.0999. The van der Waals surface area contributed by atoms with Crippen LogP contribution in [0.5, 0.6) is 0 Å². The summed E-state index contributed by atoms with van der Waals surface area (Å²) < 4.78 is 3.10. The zero-order chi connectivity index (χ0) is 14.9. The van der Waals surface area contributed by atoms with Crippen molar-refractivity contribution in [3.05, 3.63) is 58.2 Å². The lowest BCUT2D eigenvalue weighted by Gasteiger charge is -2.10. The molecule has 4 heteroatoms. The number of halogens is 1. The molecule has 0 aliphatic rings. The fraction of sp³-hybridized carbons (Fsp3) is 0.188. The van der Waals surface area contributed by atoms with Crippen molar-refractivity contribution in [3.8, 4) is 11.3 Å². The van der Waals surface area contributed by atoms with Crippen molar-refractivity contribution in [2.75, 3.05) is 0 Å². The molecule has 104 valence electrons. The summed E-state index contributed by atoms with van der Waals surface area (Å²) in [6.45, 7) is 8.28. The molecule has 2 rings (SSSR count). The van der Waals surface area contributed by atoms with E-state index in [0.29, 0.717) is 12.1 Å². The maximum Gasteiger partial charge on any atom is 0.250 e. The summed E-state index contributed by atoms with van der Waals surface area (Å²) in [5.41, 5.74) is 9.99. The van der Waals surface area contributed by atoms with Gasteiger partial charge in [-0.1, -0.05) is 34.1 Å². The summed E-state index contributed by atoms with van der Waals surface area (Å²) in [4.78, 5) is 11.7. The second-order valence-corrected chi connectivity index (χ2v) is 5.62. The summed E-state index contributed by atoms with van der Waals surface area (Å²) in [6, 6.07) is 8.02. The Morgan fingerprint density at radius 2 is 1.95 bits per heavy atom. The number of aromatic nitrogens is 1. The van der Waals surface area contributed by atoms with Gasteiger partial charge in [0.25, 0.3) is 5.91 Å². The lowest BCUT2D eigenvalue weighted by atomic mass is 10.1. The topological polar surface area (TPSA) is 48.0 Å². The molecular weight excluding hydrogens is 316 g/mol. The number of allylic oxidation sites excluding steroid dienone is 1. The quantitative estimate of drug-likeness (QED) is 0.850. The number of rotatable bonds is 4. The van der Waals surface area contributed by atoms with Crippen LogP contribution in [0.3, 0.4) is 0 Å². The average molecular weight is 333 g/mol. The Kier molecular flexibility index (Phi) is 4.14. The number of nitrogens with two attached hydrogens (primary N) is 1. The van der Waals surface area contributed by atoms with Crippen molar-refractivity contribution in [2.45, 2.75) is 20.4 Å². The van der Waals surface area contributed by atoms with Gasteiger partial charge in [-0.05, 0) is 37.1 Å². The Labute approximate surface area is 127 Å². The first-order valence-electron chi connectivity index (χ1n) is 6.33. The van der Waals surface area contributed by atoms with Gasteiger partial charge in [-0.15, -0.1) is 6.58 Å². The van der Waals surface area contributed by atoms with Gasteiger partial charge in [0.05, 0.1) is 11.3 Å². The second kappa shape index (κ2) is 5.67. The Balaban J connectivity index is 2.73. The molecule has 2 aromatic rings. The van der Waals surface area contributed by atoms with Gasteiger partial charge >= 0.3 is 0 Å². The molecule has 0 aliphatic heterocycles. The van der Waals surface area contributed by atoms with Crippen LogP contribution in [0.25, 0.3) is 11.3 Å². The summed E-state index contributed by atoms with van der Waals surface area (Å²) in [5, 5.41) is 0. The van der Waals surface area contributed by atoms with E-state index < -0.39 is 0 Å². The van der Waals surface area contributed by atoms with Gasteiger partial charge in [-0.2, -0.15) is 0 Å². The number of benzene rings is 1. The highest BCUT2D eigenvalue weighted by atomic mass is 79.9. The first-order valence-corrected chi connectivity index (χ1v) is 7.13. The maximum atomic E-state index is 11.7. The number of hydrogen-bond donors (Lipinski definition) is 1. The van der Waals surface area contributed by atoms with Crippen molar-refractivity contribution in [1.29, 1.82) is 0 Å². The van der Waals surface area contributed by atoms with Crippen LogP contribution in [0.4, 0.5) is 0 Å². The maximum absolute atomic E-state index is 11.7. The van der Waals surface area contributed by atoms with Crippen LogP contribution in [0.1, 0.15) is 21.6 Å². The van der Waals surface area contributed by atoms with E-state index in [-0.39, 0.29) is 5.91 Å². The molecule has 0 aliphatic carbocycles. The molecule has 3 nitrogen and oxygen atoms in total. The highest BCUT2D eigenvalue weighted by Gasteiger charge is 2.21. The number of primary amides is 1. The van der Waals surface area contributed by atoms with Crippen molar-refractivity contribution >= 4 is 21.8 Å². The van der Waals surface area contributed by atoms with Crippen molar-refractivity contribution in [2.24, 2.45) is 5.73 Å². The van der Waals surface area contributed by atoms with E-state index in [4.69, 9.17) is 5.73 Å². The Hall–Kier alpha value is -1.81. The van der Waals surface area contributed by atoms with E-state index in [1.165, 1.54) is 0 Å². The van der Waals surface area contributed by atoms with Crippen LogP contribution in [0.2, 0.25) is 0 Å². The molecule has 0 atom stereocenters. The number of carbonyl (C=O) groups is 1. The number of amides is 1. The monoisotopic (exact) mass is 332 g/mol. The van der Waals surface area contributed by atoms with E-state index in [1.54, 1.807) is 0 Å². The average Bonchev–Trinajstić information content (AvgIpc) is 2.63. The van der Waals surface area contributed by atoms with Gasteiger partial charge in [0.1, 0.15) is 0 Å². The molecule has 1 aromatic heterocycles. The zero-order valence-electron chi connectivity index (χ0n) is 11.6. The number of carbonyl (C=O) groups excluding carboxylic acids is 1. The minimum absolute atomic E-state index is 0.388. The largest absolute Gasteiger partial charge is 0.366 e. The normalized spacial score (nSPS) is 10.6. The second-order valence-electron chi connectivity index (χ2n) is 4.70. The van der Waals surface area contributed by atoms with Gasteiger partial charge < -0.3 is 10.3 Å². The number of hydrogen-bond acceptors (Lipinski definition) is 1. The fourth-order valence-corrected chi connectivity index (χ4v) is 2.86. The fourth-order valence-electron chi connectivity index (χ4n) is 2.60. The molecule has 0 saturated carbocycles. The molecule has 0 unspecified atom stereocenters. The Bertz CT molecular complexity index is 669. The molecule has 1 heterocycles. The summed E-state index contributed by atoms with van der Waals surface area (Å²) in [6.07, 6.45) is 1.82. The Morgan fingerprint density at radius 3 is 2.45 bits per heavy atom. The van der Waals surface area contributed by atoms with Crippen LogP contribution < -0.4 is 5.73 Å². The summed E-state index contributed by atoms with van der Waals surface area (Å²) >= 11 is 3.43. The van der Waals surface area contributed by atoms with E-state index in [9.17, 15) is 4.79 Å². The zero-order valence-corrected chi connectivity index (χ0v) is 13.2. The van der Waals surface area contributed by atoms with Crippen LogP contribution in [0, 0.1) is 13.8 Å². The van der Waals surface area contributed by atoms with Crippen molar-refractivity contribution < 1.29 is 4.79 Å². The number of nitrogens with zero attached hydrogens (tertiary/aromatic N) is 1. The van der Waals surface area contributed by atoms with Crippen molar-refractivity contribution in [3.63, 3.8) is 0 Å². The molecule has 20 heavy (non-hydrogen) atoms. The summed E-state index contributed by atoms with van der Waals surface area (Å²) in [5.74, 6) is -0.388. The summed E-state index contributed by atoms with van der Waals surface area (Å²) in [7, 11) is 0. The van der Waals surface area contributed by atoms with Crippen LogP contribution in [0.15, 0.2) is 41.4 Å². The van der Waals surface area contributed by atoms with E-state index >= 15 is 0 Å². The SMILES string of the molecule is C=CCn1c(C)c(C(N)=O)c(C)c1-c1ccc(Br)cc1. The standard InChI is InChI=1S/C16H17BrN2O/c1-4-9-19-11(3)14(16(18)20)10(2)15(19)12-5-7-13(17)8-6-12/h4-8H,1,9H2,2-3H3,(H2,18,20). The molecule has 2 N–H and O–H groups in total. The van der Waals surface area contributed by atoms with Crippen molar-refractivity contribution in [1.82, 2.24) is 4.57 Å².